The number of ether oxygens (including phenoxy) is 1. The molecule has 1 aromatic carbocycles. The van der Waals surface area contributed by atoms with Crippen molar-refractivity contribution in [2.75, 3.05) is 33.3 Å². The van der Waals surface area contributed by atoms with Crippen LogP contribution in [0.1, 0.15) is 35.7 Å². The van der Waals surface area contributed by atoms with Crippen molar-refractivity contribution in [3.63, 3.8) is 0 Å². The summed E-state index contributed by atoms with van der Waals surface area (Å²) in [7, 11) is 1.70. The molecule has 0 saturated carbocycles. The second-order valence-electron chi connectivity index (χ2n) is 6.88. The number of hydrogen-bond acceptors (Lipinski definition) is 5. The Hall–Kier alpha value is -3.30. The topological polar surface area (TPSA) is 138 Å². The largest absolute Gasteiger partial charge is 0.450 e. The highest BCUT2D eigenvalue weighted by Gasteiger charge is 2.24. The second kappa shape index (κ2) is 11.6. The minimum Gasteiger partial charge on any atom is -0.450 e. The molecule has 1 saturated heterocycles. The van der Waals surface area contributed by atoms with Crippen LogP contribution in [-0.2, 0) is 16.1 Å². The number of nitrogens with zero attached hydrogens (tertiary/aromatic N) is 2. The lowest BCUT2D eigenvalue weighted by atomic mass is 10.1. The Bertz CT molecular complexity index is 757. The summed E-state index contributed by atoms with van der Waals surface area (Å²) in [6.45, 7) is 3.81. The molecule has 2 rings (SSSR count). The molecule has 0 aliphatic carbocycles. The maximum absolute atomic E-state index is 11.9. The molecule has 0 spiro atoms. The Morgan fingerprint density at radius 2 is 1.83 bits per heavy atom. The summed E-state index contributed by atoms with van der Waals surface area (Å²) in [6.07, 6.45) is 1.37. The van der Waals surface area contributed by atoms with Crippen molar-refractivity contribution in [3.05, 3.63) is 35.4 Å². The molecule has 164 valence electrons. The van der Waals surface area contributed by atoms with Crippen LogP contribution >= 0.6 is 0 Å². The van der Waals surface area contributed by atoms with Crippen LogP contribution in [0.5, 0.6) is 0 Å². The Kier molecular flexibility index (Phi) is 8.92. The average molecular weight is 418 g/mol. The third-order valence-electron chi connectivity index (χ3n) is 4.68. The van der Waals surface area contributed by atoms with Crippen molar-refractivity contribution in [2.24, 2.45) is 10.7 Å². The first-order valence-corrected chi connectivity index (χ1v) is 9.97. The van der Waals surface area contributed by atoms with Crippen molar-refractivity contribution in [3.8, 4) is 0 Å². The molecule has 0 bridgehead atoms. The zero-order valence-electron chi connectivity index (χ0n) is 17.4. The summed E-state index contributed by atoms with van der Waals surface area (Å²) < 4.78 is 5.04. The van der Waals surface area contributed by atoms with Gasteiger partial charge in [0.05, 0.1) is 13.2 Å². The Morgan fingerprint density at radius 3 is 2.40 bits per heavy atom. The number of likely N-dealkylation sites (tertiary alicyclic amines) is 1. The summed E-state index contributed by atoms with van der Waals surface area (Å²) in [5, 5.41) is 9.07. The van der Waals surface area contributed by atoms with E-state index in [0.29, 0.717) is 37.8 Å². The molecule has 30 heavy (non-hydrogen) atoms. The molecular weight excluding hydrogens is 388 g/mol. The van der Waals surface area contributed by atoms with Gasteiger partial charge in [-0.2, -0.15) is 0 Å². The fourth-order valence-electron chi connectivity index (χ4n) is 3.04. The van der Waals surface area contributed by atoms with E-state index in [4.69, 9.17) is 10.5 Å². The normalized spacial score (nSPS) is 14.7. The lowest BCUT2D eigenvalue weighted by Crippen LogP contribution is -2.49. The van der Waals surface area contributed by atoms with E-state index >= 15 is 0 Å². The molecule has 10 heteroatoms. The molecule has 1 aromatic rings. The first kappa shape index (κ1) is 23.0. The highest BCUT2D eigenvalue weighted by molar-refractivity contribution is 5.96. The van der Waals surface area contributed by atoms with E-state index in [-0.39, 0.29) is 24.6 Å². The quantitative estimate of drug-likeness (QED) is 0.368. The number of piperidine rings is 1. The molecule has 1 aliphatic rings. The summed E-state index contributed by atoms with van der Waals surface area (Å²) in [4.78, 5) is 40.4. The van der Waals surface area contributed by atoms with Gasteiger partial charge in [-0.05, 0) is 37.5 Å². The highest BCUT2D eigenvalue weighted by atomic mass is 16.6. The van der Waals surface area contributed by atoms with Gasteiger partial charge in [-0.25, -0.2) is 4.79 Å². The number of nitrogens with two attached hydrogens (primary N) is 1. The van der Waals surface area contributed by atoms with Crippen LogP contribution in [0.4, 0.5) is 4.79 Å². The average Bonchev–Trinajstić information content (AvgIpc) is 2.75. The predicted molar refractivity (Wildman–Crippen MR) is 113 cm³/mol. The smallest absolute Gasteiger partial charge is 0.409 e. The molecule has 5 N–H and O–H groups in total. The van der Waals surface area contributed by atoms with Crippen LogP contribution in [0, 0.1) is 0 Å². The summed E-state index contributed by atoms with van der Waals surface area (Å²) in [6, 6.07) is 7.26. The third-order valence-corrected chi connectivity index (χ3v) is 4.68. The zero-order valence-corrected chi connectivity index (χ0v) is 17.4. The van der Waals surface area contributed by atoms with E-state index < -0.39 is 5.91 Å². The van der Waals surface area contributed by atoms with Crippen LogP contribution in [0.25, 0.3) is 0 Å². The first-order valence-electron chi connectivity index (χ1n) is 9.97. The van der Waals surface area contributed by atoms with Crippen molar-refractivity contribution >= 4 is 23.9 Å². The van der Waals surface area contributed by atoms with E-state index in [1.165, 1.54) is 0 Å². The number of primary amides is 1. The zero-order chi connectivity index (χ0) is 21.9. The van der Waals surface area contributed by atoms with Crippen LogP contribution in [-0.4, -0.2) is 68.1 Å². The molecule has 0 radical (unpaired) electrons. The van der Waals surface area contributed by atoms with Gasteiger partial charge < -0.3 is 31.3 Å². The Labute approximate surface area is 176 Å². The maximum atomic E-state index is 11.9. The van der Waals surface area contributed by atoms with E-state index in [1.807, 2.05) is 12.1 Å². The molecule has 0 unspecified atom stereocenters. The SMILES string of the molecule is CCOC(=O)N1CCC(NC(=NC)NCc2ccc(C(=O)NCC(N)=O)cc2)CC1. The number of amides is 3. The van der Waals surface area contributed by atoms with Gasteiger partial charge in [0, 0.05) is 38.3 Å². The molecule has 1 heterocycles. The summed E-state index contributed by atoms with van der Waals surface area (Å²) >= 11 is 0. The minimum absolute atomic E-state index is 0.192. The lowest BCUT2D eigenvalue weighted by molar-refractivity contribution is -0.117. The third kappa shape index (κ3) is 7.26. The number of aliphatic imine (C=N–C) groups is 1. The number of carbonyl (C=O) groups is 3. The number of rotatable bonds is 7. The number of hydrogen-bond donors (Lipinski definition) is 4. The van der Waals surface area contributed by atoms with Crippen LogP contribution in [0.3, 0.4) is 0 Å². The predicted octanol–water partition coefficient (Wildman–Crippen LogP) is 0.188. The van der Waals surface area contributed by atoms with Crippen molar-refractivity contribution in [1.29, 1.82) is 0 Å². The monoisotopic (exact) mass is 418 g/mol. The number of carbonyl (C=O) groups excluding carboxylic acids is 3. The van der Waals surface area contributed by atoms with E-state index in [9.17, 15) is 14.4 Å². The van der Waals surface area contributed by atoms with Crippen molar-refractivity contribution < 1.29 is 19.1 Å². The van der Waals surface area contributed by atoms with Gasteiger partial charge >= 0.3 is 6.09 Å². The highest BCUT2D eigenvalue weighted by Crippen LogP contribution is 2.11. The summed E-state index contributed by atoms with van der Waals surface area (Å²) in [5.41, 5.74) is 6.45. The molecule has 3 amide bonds. The van der Waals surface area contributed by atoms with Gasteiger partial charge in [0.15, 0.2) is 5.96 Å². The molecule has 1 aliphatic heterocycles. The number of nitrogens with one attached hydrogen (secondary N) is 3. The van der Waals surface area contributed by atoms with E-state index in [0.717, 1.165) is 18.4 Å². The molecule has 1 fully saturated rings. The molecular formula is C20H30N6O4. The Morgan fingerprint density at radius 1 is 1.17 bits per heavy atom. The van der Waals surface area contributed by atoms with Gasteiger partial charge in [0.2, 0.25) is 5.91 Å². The van der Waals surface area contributed by atoms with Gasteiger partial charge in [-0.1, -0.05) is 12.1 Å². The number of guanidine groups is 1. The first-order chi connectivity index (χ1) is 14.4. The fraction of sp³-hybridized carbons (Fsp3) is 0.500. The van der Waals surface area contributed by atoms with Gasteiger partial charge in [-0.15, -0.1) is 0 Å². The second-order valence-corrected chi connectivity index (χ2v) is 6.88. The maximum Gasteiger partial charge on any atom is 0.409 e. The van der Waals surface area contributed by atoms with Crippen molar-refractivity contribution in [2.45, 2.75) is 32.4 Å². The number of benzene rings is 1. The minimum atomic E-state index is -0.588. The Balaban J connectivity index is 1.77. The van der Waals surface area contributed by atoms with Crippen LogP contribution < -0.4 is 21.7 Å². The van der Waals surface area contributed by atoms with Gasteiger partial charge in [0.1, 0.15) is 0 Å². The van der Waals surface area contributed by atoms with Gasteiger partial charge in [0.25, 0.3) is 5.91 Å². The molecule has 10 nitrogen and oxygen atoms in total. The summed E-state index contributed by atoms with van der Waals surface area (Å²) in [5.74, 6) is -0.262. The standard InChI is InChI=1S/C20H30N6O4/c1-3-30-20(29)26-10-8-16(9-11-26)25-19(22-2)24-12-14-4-6-15(7-5-14)18(28)23-13-17(21)27/h4-7,16H,3,8-13H2,1-2H3,(H2,21,27)(H,23,28)(H2,22,24,25). The van der Waals surface area contributed by atoms with E-state index in [1.54, 1.807) is 31.0 Å². The van der Waals surface area contributed by atoms with E-state index in [2.05, 4.69) is 20.9 Å². The van der Waals surface area contributed by atoms with Crippen LogP contribution in [0.15, 0.2) is 29.3 Å². The van der Waals surface area contributed by atoms with Crippen LogP contribution in [0.2, 0.25) is 0 Å². The van der Waals surface area contributed by atoms with Gasteiger partial charge in [-0.3, -0.25) is 14.6 Å². The fourth-order valence-corrected chi connectivity index (χ4v) is 3.04. The molecule has 0 aromatic heterocycles. The van der Waals surface area contributed by atoms with Crippen molar-refractivity contribution in [1.82, 2.24) is 20.9 Å². The lowest BCUT2D eigenvalue weighted by Gasteiger charge is -2.32. The molecule has 0 atom stereocenters.